The first kappa shape index (κ1) is 18.9. The van der Waals surface area contributed by atoms with Gasteiger partial charge in [0.2, 0.25) is 5.91 Å². The minimum Gasteiger partial charge on any atom is -0.351 e. The highest BCUT2D eigenvalue weighted by Crippen LogP contribution is 2.41. The van der Waals surface area contributed by atoms with Gasteiger partial charge in [-0.3, -0.25) is 9.59 Å². The molecule has 1 aromatic heterocycles. The summed E-state index contributed by atoms with van der Waals surface area (Å²) in [6.07, 6.45) is 2.63. The number of aryl methyl sites for hydroxylation is 1. The lowest BCUT2D eigenvalue weighted by molar-refractivity contribution is -0.128. The van der Waals surface area contributed by atoms with Crippen LogP contribution in [0.4, 0.5) is 0 Å². The van der Waals surface area contributed by atoms with Crippen LogP contribution in [0.25, 0.3) is 10.9 Å². The van der Waals surface area contributed by atoms with Crippen molar-refractivity contribution in [1.29, 1.82) is 0 Å². The lowest BCUT2D eigenvalue weighted by atomic mass is 9.96. The van der Waals surface area contributed by atoms with E-state index in [1.54, 1.807) is 0 Å². The Kier molecular flexibility index (Phi) is 4.24. The smallest absolute Gasteiger partial charge is 0.270 e. The van der Waals surface area contributed by atoms with Crippen LogP contribution in [0.2, 0.25) is 0 Å². The number of H-pyrrole nitrogens is 1. The van der Waals surface area contributed by atoms with Crippen molar-refractivity contribution in [2.45, 2.75) is 38.6 Å². The highest BCUT2D eigenvalue weighted by molar-refractivity contribution is 6.10. The first-order valence-corrected chi connectivity index (χ1v) is 10.5. The maximum absolute atomic E-state index is 13.3. The number of fused-ring (bicyclic) bond motifs is 2. The lowest BCUT2D eigenvalue weighted by Gasteiger charge is -2.31. The van der Waals surface area contributed by atoms with Crippen molar-refractivity contribution in [3.05, 3.63) is 46.7 Å². The van der Waals surface area contributed by atoms with E-state index in [2.05, 4.69) is 15.5 Å². The Bertz CT molecular complexity index is 1120. The van der Waals surface area contributed by atoms with Crippen LogP contribution in [0.5, 0.6) is 0 Å². The third-order valence-corrected chi connectivity index (χ3v) is 6.95. The SMILES string of the molecule is C/C1=C2/CN(C(=O)c3cc4c(C)cccc4[nH]3)CC/C2=N/NCC2(CC2)N(C)C1=O. The molecule has 3 heterocycles. The highest BCUT2D eigenvalue weighted by Gasteiger charge is 2.49. The topological polar surface area (TPSA) is 80.8 Å². The Morgan fingerprint density at radius 2 is 2.03 bits per heavy atom. The summed E-state index contributed by atoms with van der Waals surface area (Å²) >= 11 is 0. The van der Waals surface area contributed by atoms with Crippen molar-refractivity contribution in [1.82, 2.24) is 20.2 Å². The molecule has 0 bridgehead atoms. The number of rotatable bonds is 1. The molecule has 1 saturated heterocycles. The van der Waals surface area contributed by atoms with Gasteiger partial charge in [0.25, 0.3) is 5.91 Å². The number of benzene rings is 1. The van der Waals surface area contributed by atoms with Gasteiger partial charge in [-0.25, -0.2) is 0 Å². The largest absolute Gasteiger partial charge is 0.351 e. The Morgan fingerprint density at radius 1 is 1.23 bits per heavy atom. The van der Waals surface area contributed by atoms with Crippen LogP contribution < -0.4 is 5.43 Å². The van der Waals surface area contributed by atoms with Crippen molar-refractivity contribution >= 4 is 28.4 Å². The zero-order chi connectivity index (χ0) is 21.0. The second-order valence-electron chi connectivity index (χ2n) is 8.78. The van der Waals surface area contributed by atoms with Gasteiger partial charge < -0.3 is 20.2 Å². The first-order chi connectivity index (χ1) is 14.4. The molecule has 1 aromatic carbocycles. The second-order valence-corrected chi connectivity index (χ2v) is 8.78. The molecule has 2 aliphatic heterocycles. The van der Waals surface area contributed by atoms with Crippen LogP contribution in [-0.4, -0.2) is 64.5 Å². The number of piperidine rings is 1. The third-order valence-electron chi connectivity index (χ3n) is 6.95. The molecule has 156 valence electrons. The van der Waals surface area contributed by atoms with Gasteiger partial charge >= 0.3 is 0 Å². The van der Waals surface area contributed by atoms with Crippen LogP contribution >= 0.6 is 0 Å². The van der Waals surface area contributed by atoms with Crippen molar-refractivity contribution < 1.29 is 9.59 Å². The van der Waals surface area contributed by atoms with E-state index < -0.39 is 0 Å². The van der Waals surface area contributed by atoms with E-state index >= 15 is 0 Å². The fraction of sp³-hybridized carbons (Fsp3) is 0.435. The summed E-state index contributed by atoms with van der Waals surface area (Å²) in [6.45, 7) is 5.56. The number of nitrogens with one attached hydrogen (secondary N) is 2. The maximum atomic E-state index is 13.3. The van der Waals surface area contributed by atoms with Gasteiger partial charge in [-0.15, -0.1) is 0 Å². The lowest BCUT2D eigenvalue weighted by Crippen LogP contribution is -2.45. The second kappa shape index (κ2) is 6.72. The minimum absolute atomic E-state index is 0.0365. The third kappa shape index (κ3) is 2.91. The number of carbonyl (C=O) groups excluding carboxylic acids is 2. The molecule has 3 aliphatic rings. The summed E-state index contributed by atoms with van der Waals surface area (Å²) in [7, 11) is 1.88. The number of amides is 2. The van der Waals surface area contributed by atoms with Crippen molar-refractivity contribution in [3.63, 3.8) is 0 Å². The van der Waals surface area contributed by atoms with Gasteiger partial charge in [-0.1, -0.05) is 12.1 Å². The van der Waals surface area contributed by atoms with Gasteiger partial charge in [0, 0.05) is 48.6 Å². The van der Waals surface area contributed by atoms with Crippen LogP contribution in [0.3, 0.4) is 0 Å². The zero-order valence-corrected chi connectivity index (χ0v) is 17.7. The summed E-state index contributed by atoms with van der Waals surface area (Å²) in [6, 6.07) is 7.94. The fourth-order valence-electron chi connectivity index (χ4n) is 4.63. The number of hydrazone groups is 1. The van der Waals surface area contributed by atoms with Gasteiger partial charge in [-0.05, 0) is 44.4 Å². The molecule has 1 spiro atoms. The molecule has 5 rings (SSSR count). The quantitative estimate of drug-likeness (QED) is 0.765. The number of carbonyl (C=O) groups is 2. The van der Waals surface area contributed by atoms with Crippen LogP contribution in [-0.2, 0) is 4.79 Å². The molecular weight excluding hydrogens is 378 g/mol. The summed E-state index contributed by atoms with van der Waals surface area (Å²) in [5, 5.41) is 5.68. The molecule has 2 fully saturated rings. The van der Waals surface area contributed by atoms with E-state index in [4.69, 9.17) is 0 Å². The number of likely N-dealkylation sites (N-methyl/N-ethyl adjacent to an activating group) is 1. The van der Waals surface area contributed by atoms with Gasteiger partial charge in [0.15, 0.2) is 0 Å². The molecule has 30 heavy (non-hydrogen) atoms. The number of hydrogen-bond acceptors (Lipinski definition) is 4. The molecule has 2 amide bonds. The molecule has 7 heteroatoms. The normalized spacial score (nSPS) is 25.2. The molecule has 7 nitrogen and oxygen atoms in total. The molecule has 0 unspecified atom stereocenters. The average molecular weight is 406 g/mol. The summed E-state index contributed by atoms with van der Waals surface area (Å²) in [4.78, 5) is 33.3. The van der Waals surface area contributed by atoms with E-state index in [0.717, 1.165) is 40.6 Å². The molecular formula is C23H27N5O2. The fourth-order valence-corrected chi connectivity index (χ4v) is 4.63. The number of likely N-dealkylation sites (tertiary alicyclic amines) is 1. The standard InChI is InChI=1S/C23H27N5O2/c1-14-5-4-6-18-16(14)11-20(25-18)22(30)28-10-7-19-17(12-28)15(2)21(29)27(3)23(8-9-23)13-24-26-19/h4-6,11,24-25H,7-10,12-13H2,1-3H3/b17-15+,26-19-. The number of aromatic nitrogens is 1. The van der Waals surface area contributed by atoms with Crippen LogP contribution in [0.1, 0.15) is 42.2 Å². The summed E-state index contributed by atoms with van der Waals surface area (Å²) in [5.41, 5.74) is 8.22. The number of aromatic amines is 1. The van der Waals surface area contributed by atoms with Crippen LogP contribution in [0, 0.1) is 6.92 Å². The predicted molar refractivity (Wildman–Crippen MR) is 116 cm³/mol. The molecule has 0 radical (unpaired) electrons. The Balaban J connectivity index is 1.46. The molecule has 2 N–H and O–H groups in total. The molecule has 1 saturated carbocycles. The first-order valence-electron chi connectivity index (χ1n) is 10.5. The van der Waals surface area contributed by atoms with E-state index in [9.17, 15) is 9.59 Å². The average Bonchev–Trinajstić information content (AvgIpc) is 3.40. The van der Waals surface area contributed by atoms with Gasteiger partial charge in [0.05, 0.1) is 17.8 Å². The summed E-state index contributed by atoms with van der Waals surface area (Å²) < 4.78 is 0. The number of hydrogen-bond donors (Lipinski definition) is 2. The Hall–Kier alpha value is -3.09. The number of nitrogens with zero attached hydrogens (tertiary/aromatic N) is 3. The maximum Gasteiger partial charge on any atom is 0.270 e. The Labute approximate surface area is 175 Å². The summed E-state index contributed by atoms with van der Waals surface area (Å²) in [5.74, 6) is -0.00770. The van der Waals surface area contributed by atoms with E-state index in [1.165, 1.54) is 0 Å². The molecule has 0 atom stereocenters. The predicted octanol–water partition coefficient (Wildman–Crippen LogP) is 2.59. The molecule has 2 aromatic rings. The zero-order valence-electron chi connectivity index (χ0n) is 17.7. The highest BCUT2D eigenvalue weighted by atomic mass is 16.2. The van der Waals surface area contributed by atoms with Gasteiger partial charge in [-0.2, -0.15) is 5.10 Å². The van der Waals surface area contributed by atoms with Crippen LogP contribution in [0.15, 0.2) is 40.5 Å². The van der Waals surface area contributed by atoms with E-state index in [1.807, 2.05) is 55.0 Å². The van der Waals surface area contributed by atoms with E-state index in [-0.39, 0.29) is 17.4 Å². The monoisotopic (exact) mass is 405 g/mol. The van der Waals surface area contributed by atoms with Crippen molar-refractivity contribution in [2.24, 2.45) is 5.10 Å². The Morgan fingerprint density at radius 3 is 2.77 bits per heavy atom. The van der Waals surface area contributed by atoms with Crippen molar-refractivity contribution in [3.8, 4) is 0 Å². The van der Waals surface area contributed by atoms with Crippen molar-refractivity contribution in [2.75, 3.05) is 26.7 Å². The van der Waals surface area contributed by atoms with Gasteiger partial charge in [0.1, 0.15) is 5.69 Å². The minimum atomic E-state index is -0.117. The molecule has 1 aliphatic carbocycles. The van der Waals surface area contributed by atoms with E-state index in [0.29, 0.717) is 37.3 Å².